The van der Waals surface area contributed by atoms with Crippen LogP contribution in [0.1, 0.15) is 12.7 Å². The number of carbonyl (C=O) groups is 1. The molecule has 1 amide bonds. The number of carbonyl (C=O) groups excluding carboxylic acids is 1. The highest BCUT2D eigenvalue weighted by molar-refractivity contribution is 7.80. The van der Waals surface area contributed by atoms with Gasteiger partial charge in [0.25, 0.3) is 5.91 Å². The van der Waals surface area contributed by atoms with Crippen LogP contribution in [0.2, 0.25) is 0 Å². The molecule has 1 atom stereocenters. The highest BCUT2D eigenvalue weighted by Gasteiger charge is 2.14. The molecule has 0 fully saturated rings. The van der Waals surface area contributed by atoms with Gasteiger partial charge >= 0.3 is 0 Å². The van der Waals surface area contributed by atoms with E-state index >= 15 is 0 Å². The Morgan fingerprint density at radius 2 is 2.04 bits per heavy atom. The van der Waals surface area contributed by atoms with Crippen LogP contribution in [0.15, 0.2) is 47.1 Å². The number of hydrogen-bond donors (Lipinski definition) is 3. The molecule has 0 radical (unpaired) electrons. The van der Waals surface area contributed by atoms with Crippen LogP contribution in [0.25, 0.3) is 0 Å². The number of nitrogens with one attached hydrogen (secondary N) is 3. The van der Waals surface area contributed by atoms with E-state index in [1.807, 2.05) is 0 Å². The SMILES string of the molecule is C[C@H](Oc1ccc(F)cc1)C(=O)NNC(=S)NCc1ccco1. The highest BCUT2D eigenvalue weighted by atomic mass is 32.1. The average molecular weight is 337 g/mol. The fraction of sp³-hybridized carbons (Fsp3) is 0.200. The van der Waals surface area contributed by atoms with E-state index in [1.54, 1.807) is 25.3 Å². The maximum absolute atomic E-state index is 12.8. The molecule has 2 aromatic rings. The summed E-state index contributed by atoms with van der Waals surface area (Å²) in [4.78, 5) is 11.9. The minimum atomic E-state index is -0.777. The van der Waals surface area contributed by atoms with Crippen LogP contribution in [0.4, 0.5) is 4.39 Å². The van der Waals surface area contributed by atoms with Gasteiger partial charge in [-0.15, -0.1) is 0 Å². The number of halogens is 1. The largest absolute Gasteiger partial charge is 0.481 e. The van der Waals surface area contributed by atoms with Gasteiger partial charge in [-0.3, -0.25) is 15.6 Å². The van der Waals surface area contributed by atoms with Crippen molar-refractivity contribution in [2.75, 3.05) is 0 Å². The van der Waals surface area contributed by atoms with Crippen molar-refractivity contribution in [2.24, 2.45) is 0 Å². The molecule has 0 saturated carbocycles. The molecule has 0 spiro atoms. The van der Waals surface area contributed by atoms with Crippen LogP contribution < -0.4 is 20.9 Å². The lowest BCUT2D eigenvalue weighted by Gasteiger charge is -2.16. The zero-order chi connectivity index (χ0) is 16.7. The van der Waals surface area contributed by atoms with Gasteiger partial charge in [-0.05, 0) is 55.5 Å². The quantitative estimate of drug-likeness (QED) is 0.571. The van der Waals surface area contributed by atoms with E-state index in [9.17, 15) is 9.18 Å². The highest BCUT2D eigenvalue weighted by Crippen LogP contribution is 2.12. The Morgan fingerprint density at radius 1 is 1.30 bits per heavy atom. The summed E-state index contributed by atoms with van der Waals surface area (Å²) in [6, 6.07) is 8.97. The summed E-state index contributed by atoms with van der Waals surface area (Å²) in [5.74, 6) is 0.321. The Kier molecular flexibility index (Phi) is 5.93. The fourth-order valence-corrected chi connectivity index (χ4v) is 1.74. The molecule has 3 N–H and O–H groups in total. The van der Waals surface area contributed by atoms with Crippen LogP contribution in [0.3, 0.4) is 0 Å². The minimum Gasteiger partial charge on any atom is -0.481 e. The number of hydrazine groups is 1. The van der Waals surface area contributed by atoms with Gasteiger partial charge in [0.1, 0.15) is 17.3 Å². The van der Waals surface area contributed by atoms with Crippen molar-refractivity contribution in [3.8, 4) is 5.75 Å². The third-order valence-electron chi connectivity index (χ3n) is 2.80. The molecule has 1 aromatic heterocycles. The van der Waals surface area contributed by atoms with Gasteiger partial charge in [0, 0.05) is 0 Å². The van der Waals surface area contributed by atoms with Crippen molar-refractivity contribution in [3.63, 3.8) is 0 Å². The summed E-state index contributed by atoms with van der Waals surface area (Å²) in [7, 11) is 0. The molecule has 0 saturated heterocycles. The van der Waals surface area contributed by atoms with Gasteiger partial charge in [0.05, 0.1) is 12.8 Å². The van der Waals surface area contributed by atoms with Gasteiger partial charge < -0.3 is 14.5 Å². The average Bonchev–Trinajstić information content (AvgIpc) is 3.06. The molecule has 1 heterocycles. The van der Waals surface area contributed by atoms with Gasteiger partial charge in [0.15, 0.2) is 11.2 Å². The summed E-state index contributed by atoms with van der Waals surface area (Å²) in [5.41, 5.74) is 4.98. The van der Waals surface area contributed by atoms with Crippen molar-refractivity contribution >= 4 is 23.2 Å². The van der Waals surface area contributed by atoms with E-state index in [1.165, 1.54) is 24.3 Å². The number of thiocarbonyl (C=S) groups is 1. The lowest BCUT2D eigenvalue weighted by Crippen LogP contribution is -2.50. The van der Waals surface area contributed by atoms with Crippen LogP contribution in [-0.4, -0.2) is 17.1 Å². The molecule has 23 heavy (non-hydrogen) atoms. The second-order valence-electron chi connectivity index (χ2n) is 4.59. The normalized spacial score (nSPS) is 11.4. The first-order valence-electron chi connectivity index (χ1n) is 6.83. The van der Waals surface area contributed by atoms with Crippen molar-refractivity contribution < 1.29 is 18.3 Å². The van der Waals surface area contributed by atoms with Crippen molar-refractivity contribution in [3.05, 3.63) is 54.2 Å². The smallest absolute Gasteiger partial charge is 0.279 e. The molecule has 0 aliphatic carbocycles. The monoisotopic (exact) mass is 337 g/mol. The molecule has 0 aliphatic heterocycles. The number of furan rings is 1. The lowest BCUT2D eigenvalue weighted by atomic mass is 10.3. The van der Waals surface area contributed by atoms with Crippen LogP contribution in [-0.2, 0) is 11.3 Å². The Balaban J connectivity index is 1.70. The van der Waals surface area contributed by atoms with Crippen molar-refractivity contribution in [1.29, 1.82) is 0 Å². The van der Waals surface area contributed by atoms with Crippen molar-refractivity contribution in [2.45, 2.75) is 19.6 Å². The van der Waals surface area contributed by atoms with E-state index in [4.69, 9.17) is 21.4 Å². The van der Waals surface area contributed by atoms with Gasteiger partial charge in [-0.1, -0.05) is 0 Å². The predicted molar refractivity (Wildman–Crippen MR) is 85.9 cm³/mol. The molecule has 2 rings (SSSR count). The third-order valence-corrected chi connectivity index (χ3v) is 3.04. The maximum Gasteiger partial charge on any atom is 0.279 e. The van der Waals surface area contributed by atoms with E-state index in [0.29, 0.717) is 18.1 Å². The first-order chi connectivity index (χ1) is 11.0. The second-order valence-corrected chi connectivity index (χ2v) is 5.00. The summed E-state index contributed by atoms with van der Waals surface area (Å²) < 4.78 is 23.3. The topological polar surface area (TPSA) is 75.5 Å². The first kappa shape index (κ1) is 16.8. The van der Waals surface area contributed by atoms with Gasteiger partial charge in [0.2, 0.25) is 0 Å². The van der Waals surface area contributed by atoms with Gasteiger partial charge in [-0.2, -0.15) is 0 Å². The summed E-state index contributed by atoms with van der Waals surface area (Å²) >= 11 is 5.02. The van der Waals surface area contributed by atoms with Gasteiger partial charge in [-0.25, -0.2) is 4.39 Å². The zero-order valence-electron chi connectivity index (χ0n) is 12.3. The number of benzene rings is 1. The van der Waals surface area contributed by atoms with Crippen molar-refractivity contribution in [1.82, 2.24) is 16.2 Å². The van der Waals surface area contributed by atoms with E-state index < -0.39 is 12.0 Å². The second kappa shape index (κ2) is 8.14. The van der Waals surface area contributed by atoms with Crippen LogP contribution in [0.5, 0.6) is 5.75 Å². The Bertz CT molecular complexity index is 646. The Labute approximate surface area is 138 Å². The molecule has 6 nitrogen and oxygen atoms in total. The molecular formula is C15H16FN3O3S. The molecule has 1 aromatic carbocycles. The van der Waals surface area contributed by atoms with Crippen LogP contribution >= 0.6 is 12.2 Å². The predicted octanol–water partition coefficient (Wildman–Crippen LogP) is 1.88. The summed E-state index contributed by atoms with van der Waals surface area (Å²) in [6.45, 7) is 1.97. The van der Waals surface area contributed by atoms with E-state index in [0.717, 1.165) is 0 Å². The van der Waals surface area contributed by atoms with E-state index in [2.05, 4.69) is 16.2 Å². The maximum atomic E-state index is 12.8. The first-order valence-corrected chi connectivity index (χ1v) is 7.23. The summed E-state index contributed by atoms with van der Waals surface area (Å²) in [6.07, 6.45) is 0.782. The number of rotatable bonds is 5. The number of ether oxygens (including phenoxy) is 1. The molecule has 0 bridgehead atoms. The minimum absolute atomic E-state index is 0.240. The molecular weight excluding hydrogens is 321 g/mol. The molecule has 8 heteroatoms. The Hall–Kier alpha value is -2.61. The molecule has 0 unspecified atom stereocenters. The number of hydrogen-bond acceptors (Lipinski definition) is 4. The molecule has 0 aliphatic rings. The zero-order valence-corrected chi connectivity index (χ0v) is 13.2. The fourth-order valence-electron chi connectivity index (χ4n) is 1.62. The Morgan fingerprint density at radius 3 is 2.70 bits per heavy atom. The lowest BCUT2D eigenvalue weighted by molar-refractivity contribution is -0.127. The number of amides is 1. The standard InChI is InChI=1S/C15H16FN3O3S/c1-10(22-12-6-4-11(16)5-7-12)14(20)18-19-15(23)17-9-13-3-2-8-21-13/h2-8,10H,9H2,1H3,(H,18,20)(H2,17,19,23)/t10-/m0/s1. The van der Waals surface area contributed by atoms with Crippen LogP contribution in [0, 0.1) is 5.82 Å². The third kappa shape index (κ3) is 5.59. The molecule has 122 valence electrons. The van der Waals surface area contributed by atoms with E-state index in [-0.39, 0.29) is 10.9 Å². The summed E-state index contributed by atoms with van der Waals surface area (Å²) in [5, 5.41) is 3.10.